The summed E-state index contributed by atoms with van der Waals surface area (Å²) in [5, 5.41) is 3.79. The Balaban J connectivity index is 2.10. The van der Waals surface area contributed by atoms with Crippen LogP contribution in [-0.4, -0.2) is 12.6 Å². The van der Waals surface area contributed by atoms with Gasteiger partial charge in [0.05, 0.1) is 0 Å². The molecule has 0 radical (unpaired) electrons. The number of hydrogen-bond acceptors (Lipinski definition) is 1. The number of aryl methyl sites for hydroxylation is 3. The van der Waals surface area contributed by atoms with Crippen LogP contribution in [0.15, 0.2) is 12.1 Å². The minimum Gasteiger partial charge on any atom is -0.314 e. The summed E-state index contributed by atoms with van der Waals surface area (Å²) < 4.78 is 0. The van der Waals surface area contributed by atoms with E-state index in [0.29, 0.717) is 0 Å². The van der Waals surface area contributed by atoms with Crippen molar-refractivity contribution in [3.63, 3.8) is 0 Å². The van der Waals surface area contributed by atoms with Crippen molar-refractivity contribution in [2.24, 2.45) is 5.92 Å². The van der Waals surface area contributed by atoms with Crippen LogP contribution in [0.5, 0.6) is 0 Å². The average Bonchev–Trinajstić information content (AvgIpc) is 2.41. The van der Waals surface area contributed by atoms with E-state index in [-0.39, 0.29) is 0 Å². The quantitative estimate of drug-likeness (QED) is 0.819. The lowest BCUT2D eigenvalue weighted by Gasteiger charge is -2.33. The molecule has 0 aromatic heterocycles. The Bertz CT molecular complexity index is 412. The van der Waals surface area contributed by atoms with E-state index in [2.05, 4.69) is 45.1 Å². The molecule has 2 unspecified atom stereocenters. The van der Waals surface area contributed by atoms with Gasteiger partial charge < -0.3 is 5.32 Å². The zero-order valence-electron chi connectivity index (χ0n) is 13.8. The third kappa shape index (κ3) is 3.85. The highest BCUT2D eigenvalue weighted by molar-refractivity contribution is 5.37. The number of nitrogens with one attached hydrogen (secondary N) is 1. The molecule has 1 heteroatoms. The summed E-state index contributed by atoms with van der Waals surface area (Å²) in [4.78, 5) is 0. The number of benzene rings is 1. The van der Waals surface area contributed by atoms with Gasteiger partial charge in [-0.1, -0.05) is 37.5 Å². The van der Waals surface area contributed by atoms with E-state index >= 15 is 0 Å². The maximum atomic E-state index is 3.79. The van der Waals surface area contributed by atoms with Crippen molar-refractivity contribution in [1.29, 1.82) is 0 Å². The predicted octanol–water partition coefficient (Wildman–Crippen LogP) is 4.71. The summed E-state index contributed by atoms with van der Waals surface area (Å²) in [7, 11) is 0. The van der Waals surface area contributed by atoms with Gasteiger partial charge in [-0.05, 0) is 75.6 Å². The van der Waals surface area contributed by atoms with E-state index in [1.54, 1.807) is 5.56 Å². The zero-order chi connectivity index (χ0) is 14.5. The molecule has 1 aromatic rings. The van der Waals surface area contributed by atoms with Gasteiger partial charge in [0.15, 0.2) is 0 Å². The van der Waals surface area contributed by atoms with Crippen LogP contribution in [0.1, 0.15) is 61.3 Å². The Morgan fingerprint density at radius 3 is 2.35 bits per heavy atom. The highest BCUT2D eigenvalue weighted by Crippen LogP contribution is 2.30. The molecule has 0 saturated heterocycles. The molecule has 0 amide bonds. The Morgan fingerprint density at radius 1 is 1.05 bits per heavy atom. The van der Waals surface area contributed by atoms with Gasteiger partial charge in [0.25, 0.3) is 0 Å². The molecular formula is C19H31N. The monoisotopic (exact) mass is 273 g/mol. The topological polar surface area (TPSA) is 12.0 Å². The first-order chi connectivity index (χ1) is 9.61. The molecule has 0 heterocycles. The molecule has 2 rings (SSSR count). The standard InChI is InChI=1S/C19H31N/c1-5-10-20-19-9-7-6-8-17(19)13-18-15(3)11-14(2)12-16(18)4/h11-12,17,19-20H,5-10,13H2,1-4H3. The number of rotatable bonds is 5. The van der Waals surface area contributed by atoms with E-state index in [1.165, 1.54) is 61.8 Å². The second-order valence-corrected chi connectivity index (χ2v) is 6.69. The zero-order valence-corrected chi connectivity index (χ0v) is 13.8. The van der Waals surface area contributed by atoms with Gasteiger partial charge in [0.1, 0.15) is 0 Å². The lowest BCUT2D eigenvalue weighted by molar-refractivity contribution is 0.261. The minimum absolute atomic E-state index is 0.740. The fourth-order valence-electron chi connectivity index (χ4n) is 3.84. The molecule has 20 heavy (non-hydrogen) atoms. The molecule has 1 aromatic carbocycles. The molecule has 1 saturated carbocycles. The van der Waals surface area contributed by atoms with Crippen LogP contribution < -0.4 is 5.32 Å². The molecule has 1 fully saturated rings. The van der Waals surface area contributed by atoms with Gasteiger partial charge >= 0.3 is 0 Å². The first-order valence-corrected chi connectivity index (χ1v) is 8.42. The van der Waals surface area contributed by atoms with E-state index in [9.17, 15) is 0 Å². The molecule has 2 atom stereocenters. The summed E-state index contributed by atoms with van der Waals surface area (Å²) in [6, 6.07) is 5.43. The summed E-state index contributed by atoms with van der Waals surface area (Å²) in [6.07, 6.45) is 8.09. The van der Waals surface area contributed by atoms with Crippen molar-refractivity contribution in [2.75, 3.05) is 6.54 Å². The third-order valence-electron chi connectivity index (χ3n) is 4.87. The number of hydrogen-bond donors (Lipinski definition) is 1. The largest absolute Gasteiger partial charge is 0.314 e. The molecule has 1 aliphatic rings. The molecule has 0 spiro atoms. The smallest absolute Gasteiger partial charge is 0.00985 e. The lowest BCUT2D eigenvalue weighted by Crippen LogP contribution is -2.40. The van der Waals surface area contributed by atoms with Crippen LogP contribution >= 0.6 is 0 Å². The molecule has 0 bridgehead atoms. The van der Waals surface area contributed by atoms with Crippen molar-refractivity contribution in [2.45, 2.75) is 72.3 Å². The second kappa shape index (κ2) is 7.26. The molecule has 1 nitrogen and oxygen atoms in total. The van der Waals surface area contributed by atoms with Crippen LogP contribution in [0.2, 0.25) is 0 Å². The highest BCUT2D eigenvalue weighted by Gasteiger charge is 2.25. The lowest BCUT2D eigenvalue weighted by atomic mass is 9.79. The van der Waals surface area contributed by atoms with E-state index in [4.69, 9.17) is 0 Å². The van der Waals surface area contributed by atoms with Crippen molar-refractivity contribution < 1.29 is 0 Å². The van der Waals surface area contributed by atoms with Crippen molar-refractivity contribution >= 4 is 0 Å². The van der Waals surface area contributed by atoms with Crippen LogP contribution in [0.4, 0.5) is 0 Å². The Morgan fingerprint density at radius 2 is 1.70 bits per heavy atom. The van der Waals surface area contributed by atoms with E-state index in [0.717, 1.165) is 12.0 Å². The normalized spacial score (nSPS) is 23.0. The van der Waals surface area contributed by atoms with Crippen molar-refractivity contribution in [1.82, 2.24) is 5.32 Å². The van der Waals surface area contributed by atoms with Crippen molar-refractivity contribution in [3.05, 3.63) is 34.4 Å². The Kier molecular flexibility index (Phi) is 5.65. The van der Waals surface area contributed by atoms with Crippen molar-refractivity contribution in [3.8, 4) is 0 Å². The van der Waals surface area contributed by atoms with Crippen LogP contribution in [0.25, 0.3) is 0 Å². The van der Waals surface area contributed by atoms with Gasteiger partial charge in [-0.2, -0.15) is 0 Å². The molecule has 0 aliphatic heterocycles. The maximum Gasteiger partial charge on any atom is 0.00985 e. The van der Waals surface area contributed by atoms with Gasteiger partial charge in [-0.3, -0.25) is 0 Å². The summed E-state index contributed by atoms with van der Waals surface area (Å²) in [5.41, 5.74) is 5.98. The summed E-state index contributed by atoms with van der Waals surface area (Å²) >= 11 is 0. The summed E-state index contributed by atoms with van der Waals surface area (Å²) in [6.45, 7) is 10.2. The molecule has 112 valence electrons. The predicted molar refractivity (Wildman–Crippen MR) is 88.4 cm³/mol. The SMILES string of the molecule is CCCNC1CCCCC1Cc1c(C)cc(C)cc1C. The van der Waals surface area contributed by atoms with Crippen LogP contribution in [0.3, 0.4) is 0 Å². The highest BCUT2D eigenvalue weighted by atomic mass is 14.9. The summed E-state index contributed by atoms with van der Waals surface area (Å²) in [5.74, 6) is 0.829. The Hall–Kier alpha value is -0.820. The first-order valence-electron chi connectivity index (χ1n) is 8.42. The fraction of sp³-hybridized carbons (Fsp3) is 0.684. The minimum atomic E-state index is 0.740. The average molecular weight is 273 g/mol. The third-order valence-corrected chi connectivity index (χ3v) is 4.87. The van der Waals surface area contributed by atoms with E-state index in [1.807, 2.05) is 0 Å². The van der Waals surface area contributed by atoms with Gasteiger partial charge in [0.2, 0.25) is 0 Å². The molecular weight excluding hydrogens is 242 g/mol. The maximum absolute atomic E-state index is 3.79. The second-order valence-electron chi connectivity index (χ2n) is 6.69. The molecule has 1 N–H and O–H groups in total. The van der Waals surface area contributed by atoms with E-state index < -0.39 is 0 Å². The van der Waals surface area contributed by atoms with Gasteiger partial charge in [-0.15, -0.1) is 0 Å². The molecule has 1 aliphatic carbocycles. The first kappa shape index (κ1) is 15.6. The van der Waals surface area contributed by atoms with Crippen LogP contribution in [-0.2, 0) is 6.42 Å². The van der Waals surface area contributed by atoms with Gasteiger partial charge in [0, 0.05) is 6.04 Å². The Labute approximate surface area is 125 Å². The fourth-order valence-corrected chi connectivity index (χ4v) is 3.84. The van der Waals surface area contributed by atoms with Gasteiger partial charge in [-0.25, -0.2) is 0 Å². The van der Waals surface area contributed by atoms with Crippen LogP contribution in [0, 0.1) is 26.7 Å².